The van der Waals surface area contributed by atoms with E-state index < -0.39 is 6.61 Å². The number of guanidine groups is 1. The summed E-state index contributed by atoms with van der Waals surface area (Å²) in [6, 6.07) is 8.31. The lowest BCUT2D eigenvalue weighted by atomic mass is 10.1. The van der Waals surface area contributed by atoms with Gasteiger partial charge < -0.3 is 29.6 Å². The normalized spacial score (nSPS) is 12.8. The van der Waals surface area contributed by atoms with Crippen LogP contribution in [0.2, 0.25) is 5.02 Å². The van der Waals surface area contributed by atoms with Gasteiger partial charge in [0.1, 0.15) is 11.5 Å². The van der Waals surface area contributed by atoms with Gasteiger partial charge in [0.25, 0.3) is 0 Å². The monoisotopic (exact) mass is 427 g/mol. The Kier molecular flexibility index (Phi) is 6.82. The minimum absolute atomic E-state index is 0.00609. The highest BCUT2D eigenvalue weighted by Crippen LogP contribution is 2.38. The lowest BCUT2D eigenvalue weighted by Crippen LogP contribution is -2.36. The Morgan fingerprint density at radius 1 is 1.10 bits per heavy atom. The van der Waals surface area contributed by atoms with E-state index in [0.717, 1.165) is 5.56 Å². The van der Waals surface area contributed by atoms with E-state index in [2.05, 4.69) is 20.4 Å². The predicted molar refractivity (Wildman–Crippen MR) is 104 cm³/mol. The van der Waals surface area contributed by atoms with Crippen molar-refractivity contribution < 1.29 is 27.7 Å². The van der Waals surface area contributed by atoms with E-state index in [4.69, 9.17) is 25.8 Å². The van der Waals surface area contributed by atoms with Gasteiger partial charge in [-0.1, -0.05) is 17.7 Å². The standard InChI is InChI=1S/C19H20ClF2N3O4/c1-23-19(24-8-11-3-4-13(20)6-14(11)26-2)25-9-12-5-16-17(28-10-27-16)7-15(12)29-18(21)22/h3-7,18H,8-10H2,1-2H3,(H2,23,24,25). The van der Waals surface area contributed by atoms with Crippen LogP contribution in [-0.2, 0) is 13.1 Å². The SMILES string of the molecule is CN=C(NCc1ccc(Cl)cc1OC)NCc1cc2c(cc1OC(F)F)OCO2. The Labute approximate surface area is 171 Å². The van der Waals surface area contributed by atoms with Gasteiger partial charge in [-0.25, -0.2) is 0 Å². The third-order valence-corrected chi connectivity index (χ3v) is 4.37. The van der Waals surface area contributed by atoms with Crippen molar-refractivity contribution in [2.24, 2.45) is 4.99 Å². The van der Waals surface area contributed by atoms with E-state index >= 15 is 0 Å². The van der Waals surface area contributed by atoms with E-state index in [1.54, 1.807) is 32.4 Å². The smallest absolute Gasteiger partial charge is 0.387 e. The Bertz CT molecular complexity index is 896. The van der Waals surface area contributed by atoms with Crippen molar-refractivity contribution in [3.8, 4) is 23.0 Å². The van der Waals surface area contributed by atoms with Crippen LogP contribution >= 0.6 is 11.6 Å². The van der Waals surface area contributed by atoms with Gasteiger partial charge in [-0.3, -0.25) is 4.99 Å². The second-order valence-electron chi connectivity index (χ2n) is 5.93. The van der Waals surface area contributed by atoms with Crippen LogP contribution in [0, 0.1) is 0 Å². The number of halogens is 3. The van der Waals surface area contributed by atoms with E-state index in [-0.39, 0.29) is 19.1 Å². The first kappa shape index (κ1) is 20.8. The highest BCUT2D eigenvalue weighted by atomic mass is 35.5. The van der Waals surface area contributed by atoms with Crippen molar-refractivity contribution in [3.05, 3.63) is 46.5 Å². The molecule has 0 saturated heterocycles. The van der Waals surface area contributed by atoms with Crippen LogP contribution in [-0.4, -0.2) is 33.5 Å². The van der Waals surface area contributed by atoms with Crippen LogP contribution in [0.4, 0.5) is 8.78 Å². The molecule has 0 amide bonds. The molecule has 10 heteroatoms. The van der Waals surface area contributed by atoms with Gasteiger partial charge in [0.15, 0.2) is 17.5 Å². The lowest BCUT2D eigenvalue weighted by Gasteiger charge is -2.16. The molecule has 0 atom stereocenters. The number of aliphatic imine (C=N–C) groups is 1. The maximum atomic E-state index is 12.8. The zero-order valence-corrected chi connectivity index (χ0v) is 16.6. The third kappa shape index (κ3) is 5.32. The first-order valence-electron chi connectivity index (χ1n) is 8.64. The molecule has 156 valence electrons. The molecule has 0 saturated carbocycles. The number of hydrogen-bond donors (Lipinski definition) is 2. The highest BCUT2D eigenvalue weighted by molar-refractivity contribution is 6.30. The molecule has 29 heavy (non-hydrogen) atoms. The van der Waals surface area contributed by atoms with E-state index in [9.17, 15) is 8.78 Å². The van der Waals surface area contributed by atoms with Crippen LogP contribution in [0.1, 0.15) is 11.1 Å². The van der Waals surface area contributed by atoms with Crippen LogP contribution in [0.5, 0.6) is 23.0 Å². The fourth-order valence-corrected chi connectivity index (χ4v) is 2.91. The van der Waals surface area contributed by atoms with Gasteiger partial charge in [0.05, 0.1) is 7.11 Å². The molecule has 3 rings (SSSR count). The zero-order chi connectivity index (χ0) is 20.8. The fraction of sp³-hybridized carbons (Fsp3) is 0.316. The Balaban J connectivity index is 1.66. The second-order valence-corrected chi connectivity index (χ2v) is 6.36. The summed E-state index contributed by atoms with van der Waals surface area (Å²) in [4.78, 5) is 4.14. The molecule has 0 radical (unpaired) electrons. The summed E-state index contributed by atoms with van der Waals surface area (Å²) in [6.07, 6.45) is 0. The van der Waals surface area contributed by atoms with Gasteiger partial charge in [0.2, 0.25) is 6.79 Å². The molecular weight excluding hydrogens is 408 g/mol. The van der Waals surface area contributed by atoms with E-state index in [1.165, 1.54) is 6.07 Å². The minimum Gasteiger partial charge on any atom is -0.496 e. The number of methoxy groups -OCH3 is 1. The number of ether oxygens (including phenoxy) is 4. The number of fused-ring (bicyclic) bond motifs is 1. The van der Waals surface area contributed by atoms with Gasteiger partial charge >= 0.3 is 6.61 Å². The maximum Gasteiger partial charge on any atom is 0.387 e. The average Bonchev–Trinajstić information content (AvgIpc) is 3.15. The van der Waals surface area contributed by atoms with Crippen molar-refractivity contribution in [1.82, 2.24) is 10.6 Å². The van der Waals surface area contributed by atoms with Gasteiger partial charge in [0, 0.05) is 42.4 Å². The molecule has 2 aromatic rings. The molecule has 0 fully saturated rings. The Morgan fingerprint density at radius 2 is 1.79 bits per heavy atom. The summed E-state index contributed by atoms with van der Waals surface area (Å²) < 4.78 is 46.0. The van der Waals surface area contributed by atoms with E-state index in [1.807, 2.05) is 6.07 Å². The fourth-order valence-electron chi connectivity index (χ4n) is 2.75. The van der Waals surface area contributed by atoms with Crippen molar-refractivity contribution in [1.29, 1.82) is 0 Å². The second kappa shape index (κ2) is 9.51. The van der Waals surface area contributed by atoms with Crippen molar-refractivity contribution in [3.63, 3.8) is 0 Å². The quantitative estimate of drug-likeness (QED) is 0.520. The summed E-state index contributed by atoms with van der Waals surface area (Å²) >= 11 is 5.97. The summed E-state index contributed by atoms with van der Waals surface area (Å²) in [5.41, 5.74) is 1.35. The molecule has 2 aromatic carbocycles. The van der Waals surface area contributed by atoms with Crippen LogP contribution in [0.25, 0.3) is 0 Å². The largest absolute Gasteiger partial charge is 0.496 e. The molecular formula is C19H20ClF2N3O4. The number of alkyl halides is 2. The number of benzene rings is 2. The molecule has 7 nitrogen and oxygen atoms in total. The lowest BCUT2D eigenvalue weighted by molar-refractivity contribution is -0.0505. The molecule has 0 aromatic heterocycles. The predicted octanol–water partition coefficient (Wildman–Crippen LogP) is 3.54. The van der Waals surface area contributed by atoms with Gasteiger partial charge in [-0.15, -0.1) is 0 Å². The first-order chi connectivity index (χ1) is 14.0. The summed E-state index contributed by atoms with van der Waals surface area (Å²) in [5, 5.41) is 6.77. The maximum absolute atomic E-state index is 12.8. The van der Waals surface area contributed by atoms with Crippen molar-refractivity contribution in [2.45, 2.75) is 19.7 Å². The summed E-state index contributed by atoms with van der Waals surface area (Å²) in [7, 11) is 3.16. The first-order valence-corrected chi connectivity index (χ1v) is 9.02. The molecule has 0 unspecified atom stereocenters. The zero-order valence-electron chi connectivity index (χ0n) is 15.8. The van der Waals surface area contributed by atoms with Crippen molar-refractivity contribution in [2.75, 3.05) is 21.0 Å². The summed E-state index contributed by atoms with van der Waals surface area (Å²) in [6.45, 7) is -2.33. The molecule has 0 spiro atoms. The summed E-state index contributed by atoms with van der Waals surface area (Å²) in [5.74, 6) is 1.94. The number of rotatable bonds is 7. The van der Waals surface area contributed by atoms with Crippen LogP contribution in [0.3, 0.4) is 0 Å². The van der Waals surface area contributed by atoms with Gasteiger partial charge in [-0.05, 0) is 18.2 Å². The van der Waals surface area contributed by atoms with Crippen LogP contribution in [0.15, 0.2) is 35.3 Å². The van der Waals surface area contributed by atoms with Crippen molar-refractivity contribution >= 4 is 17.6 Å². The van der Waals surface area contributed by atoms with Crippen LogP contribution < -0.4 is 29.6 Å². The molecule has 1 heterocycles. The Morgan fingerprint density at radius 3 is 2.45 bits per heavy atom. The number of nitrogens with one attached hydrogen (secondary N) is 2. The van der Waals surface area contributed by atoms with Gasteiger partial charge in [-0.2, -0.15) is 8.78 Å². The molecule has 0 bridgehead atoms. The molecule has 2 N–H and O–H groups in total. The minimum atomic E-state index is -2.95. The molecule has 0 aliphatic carbocycles. The number of nitrogens with zero attached hydrogens (tertiary/aromatic N) is 1. The molecule has 1 aliphatic rings. The average molecular weight is 428 g/mol. The highest BCUT2D eigenvalue weighted by Gasteiger charge is 2.20. The topological polar surface area (TPSA) is 73.3 Å². The number of hydrogen-bond acceptors (Lipinski definition) is 5. The van der Waals surface area contributed by atoms with E-state index in [0.29, 0.717) is 40.3 Å². The Hall–Kier alpha value is -2.94. The third-order valence-electron chi connectivity index (χ3n) is 4.14. The molecule has 1 aliphatic heterocycles.